The summed E-state index contributed by atoms with van der Waals surface area (Å²) in [6, 6.07) is 13.2. The molecule has 156 valence electrons. The molecule has 0 aliphatic carbocycles. The molecule has 9 heteroatoms. The van der Waals surface area contributed by atoms with E-state index in [0.29, 0.717) is 5.56 Å². The second kappa shape index (κ2) is 8.50. The summed E-state index contributed by atoms with van der Waals surface area (Å²) in [6.07, 6.45) is 0. The molecule has 0 atom stereocenters. The van der Waals surface area contributed by atoms with Gasteiger partial charge in [0.2, 0.25) is 0 Å². The van der Waals surface area contributed by atoms with Crippen LogP contribution >= 0.6 is 0 Å². The Kier molecular flexibility index (Phi) is 6.02. The van der Waals surface area contributed by atoms with Gasteiger partial charge in [0.1, 0.15) is 5.82 Å². The number of nitrogens with one attached hydrogen (secondary N) is 2. The first-order valence-electron chi connectivity index (χ1n) is 8.74. The number of anilines is 2. The van der Waals surface area contributed by atoms with Crippen molar-refractivity contribution in [3.05, 3.63) is 83.4 Å². The SMILES string of the molecule is COc1ccc(NC(=O)c2cc(S(=O)(=O)Nc3ccccc3F)ccc2C)cc1F. The smallest absolute Gasteiger partial charge is 0.262 e. The maximum Gasteiger partial charge on any atom is 0.262 e. The van der Waals surface area contributed by atoms with Crippen LogP contribution in [0.15, 0.2) is 65.6 Å². The number of benzene rings is 3. The predicted molar refractivity (Wildman–Crippen MR) is 109 cm³/mol. The summed E-state index contributed by atoms with van der Waals surface area (Å²) in [5, 5.41) is 2.52. The molecular weight excluding hydrogens is 414 g/mol. The Balaban J connectivity index is 1.88. The quantitative estimate of drug-likeness (QED) is 0.607. The third kappa shape index (κ3) is 4.57. The number of amides is 1. The lowest BCUT2D eigenvalue weighted by molar-refractivity contribution is 0.102. The van der Waals surface area contributed by atoms with Crippen molar-refractivity contribution in [2.45, 2.75) is 11.8 Å². The van der Waals surface area contributed by atoms with Gasteiger partial charge in [-0.05, 0) is 48.9 Å². The number of aryl methyl sites for hydroxylation is 1. The van der Waals surface area contributed by atoms with Crippen LogP contribution in [-0.2, 0) is 10.0 Å². The summed E-state index contributed by atoms with van der Waals surface area (Å²) in [6.45, 7) is 1.63. The number of rotatable bonds is 6. The molecule has 0 bridgehead atoms. The van der Waals surface area contributed by atoms with E-state index in [1.165, 1.54) is 55.6 Å². The van der Waals surface area contributed by atoms with E-state index in [1.54, 1.807) is 6.92 Å². The van der Waals surface area contributed by atoms with Crippen molar-refractivity contribution in [3.8, 4) is 5.75 Å². The number of methoxy groups -OCH3 is 1. The van der Waals surface area contributed by atoms with E-state index in [9.17, 15) is 22.0 Å². The topological polar surface area (TPSA) is 84.5 Å². The number of sulfonamides is 1. The Morgan fingerprint density at radius 3 is 2.37 bits per heavy atom. The Morgan fingerprint density at radius 1 is 0.967 bits per heavy atom. The number of ether oxygens (including phenoxy) is 1. The molecule has 6 nitrogen and oxygen atoms in total. The Bertz CT molecular complexity index is 1210. The minimum Gasteiger partial charge on any atom is -0.494 e. The molecule has 3 aromatic carbocycles. The predicted octanol–water partition coefficient (Wildman–Crippen LogP) is 4.33. The van der Waals surface area contributed by atoms with E-state index in [2.05, 4.69) is 10.0 Å². The zero-order chi connectivity index (χ0) is 21.9. The summed E-state index contributed by atoms with van der Waals surface area (Å²) in [7, 11) is -2.82. The van der Waals surface area contributed by atoms with Crippen LogP contribution in [0.1, 0.15) is 15.9 Å². The molecule has 0 spiro atoms. The molecule has 3 aromatic rings. The average Bonchev–Trinajstić information content (AvgIpc) is 2.70. The zero-order valence-corrected chi connectivity index (χ0v) is 16.9. The molecule has 0 saturated heterocycles. The minimum atomic E-state index is -4.14. The van der Waals surface area contributed by atoms with Crippen LogP contribution < -0.4 is 14.8 Å². The largest absolute Gasteiger partial charge is 0.494 e. The van der Waals surface area contributed by atoms with Gasteiger partial charge in [-0.25, -0.2) is 17.2 Å². The fraction of sp³-hybridized carbons (Fsp3) is 0.0952. The van der Waals surface area contributed by atoms with Crippen molar-refractivity contribution in [1.82, 2.24) is 0 Å². The second-order valence-corrected chi connectivity index (χ2v) is 8.05. The lowest BCUT2D eigenvalue weighted by atomic mass is 10.1. The monoisotopic (exact) mass is 432 g/mol. The maximum absolute atomic E-state index is 13.8. The van der Waals surface area contributed by atoms with Crippen LogP contribution in [0.5, 0.6) is 5.75 Å². The fourth-order valence-electron chi connectivity index (χ4n) is 2.70. The first kappa shape index (κ1) is 21.3. The van der Waals surface area contributed by atoms with E-state index < -0.39 is 27.6 Å². The number of halogens is 2. The standard InChI is InChI=1S/C21H18F2N2O4S/c1-13-7-9-15(30(27,28)25-19-6-4-3-5-17(19)22)12-16(13)21(26)24-14-8-10-20(29-2)18(23)11-14/h3-12,25H,1-2H3,(H,24,26). The maximum atomic E-state index is 13.8. The highest BCUT2D eigenvalue weighted by molar-refractivity contribution is 7.92. The van der Waals surface area contributed by atoms with Crippen molar-refractivity contribution in [3.63, 3.8) is 0 Å². The Hall–Kier alpha value is -3.46. The molecule has 0 saturated carbocycles. The molecule has 0 radical (unpaired) electrons. The fourth-order valence-corrected chi connectivity index (χ4v) is 3.80. The third-order valence-electron chi connectivity index (χ3n) is 4.29. The van der Waals surface area contributed by atoms with E-state index in [4.69, 9.17) is 4.74 Å². The van der Waals surface area contributed by atoms with Crippen molar-refractivity contribution >= 4 is 27.3 Å². The van der Waals surface area contributed by atoms with Gasteiger partial charge < -0.3 is 10.1 Å². The summed E-state index contributed by atoms with van der Waals surface area (Å²) in [5.74, 6) is -1.98. The highest BCUT2D eigenvalue weighted by Gasteiger charge is 2.20. The molecule has 0 aliphatic rings. The normalized spacial score (nSPS) is 11.1. The van der Waals surface area contributed by atoms with Crippen LogP contribution in [0.2, 0.25) is 0 Å². The molecule has 1 amide bonds. The van der Waals surface area contributed by atoms with Crippen LogP contribution in [0, 0.1) is 18.6 Å². The number of hydrogen-bond acceptors (Lipinski definition) is 4. The summed E-state index contributed by atoms with van der Waals surface area (Å²) in [4.78, 5) is 12.4. The van der Waals surface area contributed by atoms with Crippen LogP contribution in [0.25, 0.3) is 0 Å². The molecule has 0 fully saturated rings. The van der Waals surface area contributed by atoms with Gasteiger partial charge in [0.05, 0.1) is 17.7 Å². The molecule has 3 rings (SSSR count). The molecule has 30 heavy (non-hydrogen) atoms. The van der Waals surface area contributed by atoms with Gasteiger partial charge in [0.15, 0.2) is 11.6 Å². The number of para-hydroxylation sites is 1. The minimum absolute atomic E-state index is 0.0245. The van der Waals surface area contributed by atoms with E-state index in [-0.39, 0.29) is 27.6 Å². The van der Waals surface area contributed by atoms with Crippen LogP contribution in [0.4, 0.5) is 20.2 Å². The van der Waals surface area contributed by atoms with E-state index in [0.717, 1.165) is 12.1 Å². The van der Waals surface area contributed by atoms with Gasteiger partial charge >= 0.3 is 0 Å². The summed E-state index contributed by atoms with van der Waals surface area (Å²) >= 11 is 0. The van der Waals surface area contributed by atoms with Gasteiger partial charge in [-0.15, -0.1) is 0 Å². The average molecular weight is 432 g/mol. The van der Waals surface area contributed by atoms with Crippen molar-refractivity contribution in [2.75, 3.05) is 17.1 Å². The summed E-state index contributed by atoms with van der Waals surface area (Å²) in [5.41, 5.74) is 0.544. The summed E-state index contributed by atoms with van der Waals surface area (Å²) < 4.78 is 59.9. The molecule has 2 N–H and O–H groups in total. The lowest BCUT2D eigenvalue weighted by Gasteiger charge is -2.12. The first-order valence-corrected chi connectivity index (χ1v) is 10.2. The van der Waals surface area contributed by atoms with E-state index in [1.807, 2.05) is 0 Å². The Morgan fingerprint density at radius 2 is 1.70 bits per heavy atom. The molecule has 0 heterocycles. The highest BCUT2D eigenvalue weighted by Crippen LogP contribution is 2.24. The Labute approximate surface area is 172 Å². The van der Waals surface area contributed by atoms with Gasteiger partial charge in [0.25, 0.3) is 15.9 Å². The molecule has 0 unspecified atom stereocenters. The second-order valence-electron chi connectivity index (χ2n) is 6.37. The highest BCUT2D eigenvalue weighted by atomic mass is 32.2. The molecule has 0 aliphatic heterocycles. The molecular formula is C21H18F2N2O4S. The van der Waals surface area contributed by atoms with Gasteiger partial charge in [0, 0.05) is 17.3 Å². The van der Waals surface area contributed by atoms with Crippen molar-refractivity contribution in [1.29, 1.82) is 0 Å². The lowest BCUT2D eigenvalue weighted by Crippen LogP contribution is -2.17. The van der Waals surface area contributed by atoms with Gasteiger partial charge in [-0.1, -0.05) is 18.2 Å². The van der Waals surface area contributed by atoms with Crippen LogP contribution in [0.3, 0.4) is 0 Å². The zero-order valence-electron chi connectivity index (χ0n) is 16.1. The molecule has 0 aromatic heterocycles. The van der Waals surface area contributed by atoms with Crippen LogP contribution in [-0.4, -0.2) is 21.4 Å². The third-order valence-corrected chi connectivity index (χ3v) is 5.65. The number of hydrogen-bond donors (Lipinski definition) is 2. The van der Waals surface area contributed by atoms with E-state index >= 15 is 0 Å². The van der Waals surface area contributed by atoms with Gasteiger partial charge in [-0.2, -0.15) is 0 Å². The first-order chi connectivity index (χ1) is 14.2. The number of carbonyl (C=O) groups is 1. The van der Waals surface area contributed by atoms with Gasteiger partial charge in [-0.3, -0.25) is 9.52 Å². The number of carbonyl (C=O) groups excluding carboxylic acids is 1. The van der Waals surface area contributed by atoms with Crippen molar-refractivity contribution in [2.24, 2.45) is 0 Å². The van der Waals surface area contributed by atoms with Crippen molar-refractivity contribution < 1.29 is 26.7 Å².